The fourth-order valence-corrected chi connectivity index (χ4v) is 2.32. The molecule has 0 spiro atoms. The molecule has 2 rings (SSSR count). The maximum absolute atomic E-state index is 11.2. The van der Waals surface area contributed by atoms with E-state index < -0.39 is 49.7 Å². The Hall–Kier alpha value is -4.53. The lowest BCUT2D eigenvalue weighted by Gasteiger charge is -2.07. The van der Waals surface area contributed by atoms with Gasteiger partial charge in [0, 0.05) is 0 Å². The molecule has 0 unspecified atom stereocenters. The maximum atomic E-state index is 11.2. The number of hydrogen-bond acceptors (Lipinski definition) is 17. The molecule has 18 heteroatoms. The van der Waals surface area contributed by atoms with Crippen molar-refractivity contribution in [1.29, 1.82) is 0 Å². The van der Waals surface area contributed by atoms with Gasteiger partial charge in [-0.3, -0.25) is 5.26 Å². The van der Waals surface area contributed by atoms with Gasteiger partial charge < -0.3 is 43.7 Å². The molecule has 0 aliphatic rings. The Kier molecular flexibility index (Phi) is 32.1. The fourth-order valence-electron chi connectivity index (χ4n) is 2.32. The summed E-state index contributed by atoms with van der Waals surface area (Å²) in [6, 6.07) is 18.5. The van der Waals surface area contributed by atoms with E-state index in [9.17, 15) is 29.1 Å². The first-order valence-corrected chi connectivity index (χ1v) is 13.5. The van der Waals surface area contributed by atoms with E-state index in [0.29, 0.717) is 0 Å². The average Bonchev–Trinajstić information content (AvgIpc) is 3.10. The molecule has 0 saturated heterocycles. The highest BCUT2D eigenvalue weighted by Gasteiger charge is 2.07. The molecule has 0 aromatic heterocycles. The lowest BCUT2D eigenvalue weighted by molar-refractivity contribution is -0.405. The number of carboxylic acid groups (broad SMARTS) is 1. The Morgan fingerprint density at radius 1 is 0.604 bits per heavy atom. The Morgan fingerprint density at radius 2 is 1.04 bits per heavy atom. The van der Waals surface area contributed by atoms with Crippen LogP contribution in [0.4, 0.5) is 0 Å². The van der Waals surface area contributed by atoms with Gasteiger partial charge in [0.1, 0.15) is 46.2 Å². The van der Waals surface area contributed by atoms with E-state index in [0.717, 1.165) is 11.1 Å². The van der Waals surface area contributed by atoms with Crippen LogP contribution in [0.25, 0.3) is 0 Å². The SMILES string of the molecule is O=C(CO)OCc1ccccc1.[CH2-]OCC(=O)OCC(=O)O.[CH2-]OCC(=O)OCC(=O)OCc1ccccc1.[O-]CCOOCCOO. The highest BCUT2D eigenvalue weighted by molar-refractivity contribution is 5.77. The van der Waals surface area contributed by atoms with E-state index in [1.165, 1.54) is 0 Å². The van der Waals surface area contributed by atoms with Gasteiger partial charge in [-0.25, -0.2) is 52.9 Å². The van der Waals surface area contributed by atoms with Gasteiger partial charge in [-0.05, 0) is 11.1 Å². The standard InChI is InChI=1S/C12H13O5.C9H10O3.C5H7O5.C4H9O5/c1-15-8-11(13)17-9-12(14)16-7-10-5-3-2-4-6-10;10-6-9(11)12-7-8-4-2-1-3-5-8;1-9-3-5(8)10-2-4(6)7;5-1-2-8-9-4-3-7-6/h2-6H,1,7-9H2;1-5,10H,6-7H2;1-3H2,(H,6,7);6H,1-4H2/q-1;;2*-1. The molecule has 3 N–H and O–H groups in total. The van der Waals surface area contributed by atoms with Crippen molar-refractivity contribution in [3.63, 3.8) is 0 Å². The molecule has 0 radical (unpaired) electrons. The van der Waals surface area contributed by atoms with Crippen LogP contribution < -0.4 is 5.11 Å². The van der Waals surface area contributed by atoms with Gasteiger partial charge in [-0.1, -0.05) is 60.7 Å². The molecule has 48 heavy (non-hydrogen) atoms. The van der Waals surface area contributed by atoms with E-state index in [1.54, 1.807) is 0 Å². The second kappa shape index (κ2) is 33.8. The molecule has 0 heterocycles. The highest BCUT2D eigenvalue weighted by atomic mass is 17.2. The van der Waals surface area contributed by atoms with Crippen LogP contribution in [-0.4, -0.2) is 105 Å². The van der Waals surface area contributed by atoms with Crippen LogP contribution in [0.5, 0.6) is 0 Å². The number of aliphatic carboxylic acids is 1. The van der Waals surface area contributed by atoms with Crippen LogP contribution in [0.1, 0.15) is 11.1 Å². The first-order chi connectivity index (χ1) is 23.1. The number of aliphatic hydroxyl groups excluding tert-OH is 1. The number of esters is 4. The highest BCUT2D eigenvalue weighted by Crippen LogP contribution is 2.01. The smallest absolute Gasteiger partial charge is 0.344 e. The molecule has 18 nitrogen and oxygen atoms in total. The second-order valence-electron chi connectivity index (χ2n) is 8.04. The third kappa shape index (κ3) is 32.9. The van der Waals surface area contributed by atoms with Crippen LogP contribution in [0.2, 0.25) is 0 Å². The lowest BCUT2D eigenvalue weighted by Crippen LogP contribution is -2.18. The summed E-state index contributed by atoms with van der Waals surface area (Å²) in [7, 11) is 5.92. The number of carbonyl (C=O) groups is 5. The van der Waals surface area contributed by atoms with Crippen molar-refractivity contribution >= 4 is 29.8 Å². The Balaban J connectivity index is 0. The quantitative estimate of drug-likeness (QED) is 0.0439. The molecule has 0 bridgehead atoms. The van der Waals surface area contributed by atoms with Gasteiger partial charge in [0.2, 0.25) is 0 Å². The number of rotatable bonds is 19. The van der Waals surface area contributed by atoms with Gasteiger partial charge in [-0.2, -0.15) is 0 Å². The summed E-state index contributed by atoms with van der Waals surface area (Å²) in [6.45, 7) is -2.01. The molecule has 0 aliphatic heterocycles. The van der Waals surface area contributed by atoms with Gasteiger partial charge >= 0.3 is 29.8 Å². The Morgan fingerprint density at radius 3 is 1.46 bits per heavy atom. The van der Waals surface area contributed by atoms with E-state index in [1.807, 2.05) is 60.7 Å². The molecule has 0 amide bonds. The molecule has 270 valence electrons. The van der Waals surface area contributed by atoms with Crippen LogP contribution in [0, 0.1) is 14.2 Å². The molecule has 0 fully saturated rings. The van der Waals surface area contributed by atoms with Gasteiger partial charge in [-0.15, -0.1) is 6.61 Å². The Labute approximate surface area is 276 Å². The van der Waals surface area contributed by atoms with E-state index in [4.69, 9.17) is 20.2 Å². The van der Waals surface area contributed by atoms with Crippen LogP contribution >= 0.6 is 0 Å². The third-order valence-electron chi connectivity index (χ3n) is 4.27. The van der Waals surface area contributed by atoms with Crippen molar-refractivity contribution in [3.05, 3.63) is 86.0 Å². The van der Waals surface area contributed by atoms with Crippen molar-refractivity contribution in [2.45, 2.75) is 13.2 Å². The maximum Gasteiger partial charge on any atom is 0.344 e. The molecule has 2 aromatic carbocycles. The normalized spacial score (nSPS) is 9.52. The summed E-state index contributed by atoms with van der Waals surface area (Å²) in [5, 5.41) is 33.7. The Bertz CT molecular complexity index is 1090. The monoisotopic (exact) mass is 687 g/mol. The van der Waals surface area contributed by atoms with Gasteiger partial charge in [0.25, 0.3) is 0 Å². The molecule has 0 atom stereocenters. The van der Waals surface area contributed by atoms with Crippen LogP contribution in [-0.2, 0) is 80.3 Å². The summed E-state index contributed by atoms with van der Waals surface area (Å²) in [4.78, 5) is 64.8. The lowest BCUT2D eigenvalue weighted by atomic mass is 10.2. The minimum absolute atomic E-state index is 0.0193. The van der Waals surface area contributed by atoms with Gasteiger partial charge in [0.15, 0.2) is 13.2 Å². The topological polar surface area (TPSA) is 252 Å². The zero-order valence-electron chi connectivity index (χ0n) is 25.9. The summed E-state index contributed by atoms with van der Waals surface area (Å²) >= 11 is 0. The fraction of sp³-hybridized carbons (Fsp3) is 0.367. The van der Waals surface area contributed by atoms with Crippen molar-refractivity contribution in [1.82, 2.24) is 0 Å². The number of carboxylic acids is 1. The minimum atomic E-state index is -1.20. The van der Waals surface area contributed by atoms with E-state index in [2.05, 4.69) is 52.6 Å². The van der Waals surface area contributed by atoms with E-state index >= 15 is 0 Å². The summed E-state index contributed by atoms with van der Waals surface area (Å²) < 4.78 is 26.7. The van der Waals surface area contributed by atoms with Crippen molar-refractivity contribution in [2.75, 3.05) is 59.5 Å². The number of carbonyl (C=O) groups excluding carboxylic acids is 4. The van der Waals surface area contributed by atoms with Crippen molar-refractivity contribution < 1.29 is 87.6 Å². The first kappa shape index (κ1) is 45.6. The predicted molar refractivity (Wildman–Crippen MR) is 157 cm³/mol. The largest absolute Gasteiger partial charge is 0.853 e. The van der Waals surface area contributed by atoms with Crippen molar-refractivity contribution in [2.24, 2.45) is 0 Å². The minimum Gasteiger partial charge on any atom is -0.853 e. The van der Waals surface area contributed by atoms with Crippen LogP contribution in [0.3, 0.4) is 0 Å². The number of aliphatic hydroxyl groups is 1. The molecule has 2 aromatic rings. The average molecular weight is 688 g/mol. The molecule has 0 saturated carbocycles. The zero-order chi connectivity index (χ0) is 36.3. The number of benzene rings is 2. The summed E-state index contributed by atoms with van der Waals surface area (Å²) in [5.41, 5.74) is 1.78. The van der Waals surface area contributed by atoms with Gasteiger partial charge in [0.05, 0.1) is 6.61 Å². The summed E-state index contributed by atoms with van der Waals surface area (Å²) in [5.74, 6) is -3.79. The second-order valence-corrected chi connectivity index (χ2v) is 8.04. The first-order valence-electron chi connectivity index (χ1n) is 13.5. The van der Waals surface area contributed by atoms with E-state index in [-0.39, 0.29) is 52.9 Å². The zero-order valence-corrected chi connectivity index (χ0v) is 25.9. The predicted octanol–water partition coefficient (Wildman–Crippen LogP) is 0.0102. The molecular weight excluding hydrogens is 648 g/mol. The molecule has 0 aliphatic carbocycles. The number of hydrogen-bond donors (Lipinski definition) is 3. The number of ether oxygens (including phenoxy) is 6. The third-order valence-corrected chi connectivity index (χ3v) is 4.27. The summed E-state index contributed by atoms with van der Waals surface area (Å²) in [6.07, 6.45) is 0. The molecular formula is C30H39O18-3. The van der Waals surface area contributed by atoms with Crippen molar-refractivity contribution in [3.8, 4) is 0 Å². The van der Waals surface area contributed by atoms with Crippen LogP contribution in [0.15, 0.2) is 60.7 Å².